The summed E-state index contributed by atoms with van der Waals surface area (Å²) in [5.41, 5.74) is 0.829. The molecule has 0 aromatic heterocycles. The first kappa shape index (κ1) is 12.9. The lowest BCUT2D eigenvalue weighted by Crippen LogP contribution is -2.14. The van der Waals surface area contributed by atoms with Gasteiger partial charge in [-0.15, -0.1) is 0 Å². The number of benzene rings is 1. The van der Waals surface area contributed by atoms with Gasteiger partial charge in [-0.3, -0.25) is 4.79 Å². The van der Waals surface area contributed by atoms with Crippen LogP contribution in [0.5, 0.6) is 0 Å². The van der Waals surface area contributed by atoms with Crippen LogP contribution in [0.4, 0.5) is 0 Å². The van der Waals surface area contributed by atoms with Crippen molar-refractivity contribution in [3.63, 3.8) is 0 Å². The Hall–Kier alpha value is -0.570. The third kappa shape index (κ3) is 3.44. The molecule has 4 heteroatoms. The molecular formula is C13H15Cl2NO. The number of halogens is 2. The van der Waals surface area contributed by atoms with Gasteiger partial charge in [0.05, 0.1) is 10.0 Å². The zero-order valence-electron chi connectivity index (χ0n) is 9.51. The summed E-state index contributed by atoms with van der Waals surface area (Å²) in [6.45, 7) is 1.98. The van der Waals surface area contributed by atoms with Crippen LogP contribution >= 0.6 is 23.2 Å². The van der Waals surface area contributed by atoms with Crippen LogP contribution in [-0.2, 0) is 11.2 Å². The smallest absolute Gasteiger partial charge is 0.137 e. The molecule has 1 atom stereocenters. The lowest BCUT2D eigenvalue weighted by Gasteiger charge is -2.08. The first-order chi connectivity index (χ1) is 8.16. The second-order valence-corrected chi connectivity index (χ2v) is 5.28. The van der Waals surface area contributed by atoms with Gasteiger partial charge in [-0.25, -0.2) is 0 Å². The molecular weight excluding hydrogens is 257 g/mol. The third-order valence-corrected chi connectivity index (χ3v) is 3.96. The molecule has 1 unspecified atom stereocenters. The van der Waals surface area contributed by atoms with Crippen molar-refractivity contribution in [3.8, 4) is 0 Å². The molecule has 0 aliphatic carbocycles. The van der Waals surface area contributed by atoms with Crippen molar-refractivity contribution in [1.29, 1.82) is 0 Å². The molecule has 2 nitrogen and oxygen atoms in total. The van der Waals surface area contributed by atoms with Gasteiger partial charge in [-0.05, 0) is 37.1 Å². The minimum atomic E-state index is 0.239. The molecule has 2 rings (SSSR count). The highest BCUT2D eigenvalue weighted by Gasteiger charge is 2.18. The number of ketones is 1. The molecule has 0 radical (unpaired) electrons. The van der Waals surface area contributed by atoms with E-state index >= 15 is 0 Å². The molecule has 92 valence electrons. The van der Waals surface area contributed by atoms with E-state index in [2.05, 4.69) is 5.32 Å². The maximum absolute atomic E-state index is 11.9. The van der Waals surface area contributed by atoms with Gasteiger partial charge in [0, 0.05) is 12.8 Å². The van der Waals surface area contributed by atoms with E-state index in [1.165, 1.54) is 0 Å². The first-order valence-corrected chi connectivity index (χ1v) is 6.57. The van der Waals surface area contributed by atoms with Crippen LogP contribution in [0, 0.1) is 5.92 Å². The molecule has 0 saturated carbocycles. The molecule has 0 amide bonds. The Labute approximate surface area is 111 Å². The third-order valence-electron chi connectivity index (χ3n) is 3.10. The van der Waals surface area contributed by atoms with Gasteiger partial charge in [0.25, 0.3) is 0 Å². The van der Waals surface area contributed by atoms with Crippen molar-refractivity contribution < 1.29 is 4.79 Å². The zero-order chi connectivity index (χ0) is 12.3. The van der Waals surface area contributed by atoms with Crippen LogP contribution in [0.3, 0.4) is 0 Å². The Morgan fingerprint density at radius 1 is 1.41 bits per heavy atom. The summed E-state index contributed by atoms with van der Waals surface area (Å²) in [6, 6.07) is 5.42. The van der Waals surface area contributed by atoms with Gasteiger partial charge in [0.1, 0.15) is 5.78 Å². The van der Waals surface area contributed by atoms with Crippen LogP contribution in [-0.4, -0.2) is 18.9 Å². The fraction of sp³-hybridized carbons (Fsp3) is 0.462. The van der Waals surface area contributed by atoms with E-state index in [0.717, 1.165) is 25.1 Å². The second kappa shape index (κ2) is 5.85. The van der Waals surface area contributed by atoms with E-state index in [1.807, 2.05) is 12.1 Å². The van der Waals surface area contributed by atoms with Crippen molar-refractivity contribution >= 4 is 29.0 Å². The van der Waals surface area contributed by atoms with Gasteiger partial charge >= 0.3 is 0 Å². The van der Waals surface area contributed by atoms with Crippen LogP contribution in [0.2, 0.25) is 10.0 Å². The summed E-state index contributed by atoms with van der Waals surface area (Å²) in [5, 5.41) is 4.28. The molecule has 17 heavy (non-hydrogen) atoms. The molecule has 1 N–H and O–H groups in total. The molecule has 0 bridgehead atoms. The van der Waals surface area contributed by atoms with Gasteiger partial charge < -0.3 is 5.32 Å². The normalized spacial score (nSPS) is 19.5. The van der Waals surface area contributed by atoms with E-state index in [0.29, 0.717) is 28.8 Å². The van der Waals surface area contributed by atoms with Crippen LogP contribution in [0.15, 0.2) is 18.2 Å². The quantitative estimate of drug-likeness (QED) is 0.912. The average Bonchev–Trinajstić information content (AvgIpc) is 2.77. The fourth-order valence-corrected chi connectivity index (χ4v) is 2.57. The van der Waals surface area contributed by atoms with Crippen molar-refractivity contribution in [2.24, 2.45) is 5.92 Å². The predicted molar refractivity (Wildman–Crippen MR) is 70.8 cm³/mol. The van der Waals surface area contributed by atoms with Crippen molar-refractivity contribution in [1.82, 2.24) is 5.32 Å². The van der Waals surface area contributed by atoms with Crippen LogP contribution in [0.1, 0.15) is 18.4 Å². The molecule has 1 saturated heterocycles. The molecule has 1 aliphatic rings. The number of carbonyl (C=O) groups is 1. The Morgan fingerprint density at radius 3 is 2.94 bits per heavy atom. The minimum absolute atomic E-state index is 0.239. The van der Waals surface area contributed by atoms with E-state index < -0.39 is 0 Å². The van der Waals surface area contributed by atoms with E-state index in [-0.39, 0.29) is 5.78 Å². The molecule has 1 aromatic rings. The monoisotopic (exact) mass is 271 g/mol. The topological polar surface area (TPSA) is 29.1 Å². The maximum atomic E-state index is 11.9. The van der Waals surface area contributed by atoms with E-state index in [9.17, 15) is 4.79 Å². The summed E-state index contributed by atoms with van der Waals surface area (Å²) in [7, 11) is 0. The Bertz CT molecular complexity index is 414. The average molecular weight is 272 g/mol. The molecule has 1 heterocycles. The Kier molecular flexibility index (Phi) is 4.43. The highest BCUT2D eigenvalue weighted by Crippen LogP contribution is 2.26. The lowest BCUT2D eigenvalue weighted by molar-refractivity contribution is -0.119. The number of rotatable bonds is 4. The number of hydrogen-bond acceptors (Lipinski definition) is 2. The predicted octanol–water partition coefficient (Wildman–Crippen LogP) is 3.10. The SMILES string of the molecule is O=C(Cc1cccc(Cl)c1Cl)CC1CCNC1. The van der Waals surface area contributed by atoms with Gasteiger partial charge in [0.2, 0.25) is 0 Å². The minimum Gasteiger partial charge on any atom is -0.316 e. The maximum Gasteiger partial charge on any atom is 0.137 e. The zero-order valence-corrected chi connectivity index (χ0v) is 11.0. The largest absolute Gasteiger partial charge is 0.316 e. The molecule has 0 spiro atoms. The molecule has 1 aliphatic heterocycles. The summed E-state index contributed by atoms with van der Waals surface area (Å²) < 4.78 is 0. The van der Waals surface area contributed by atoms with Gasteiger partial charge in [-0.2, -0.15) is 0 Å². The molecule has 1 fully saturated rings. The van der Waals surface area contributed by atoms with Crippen molar-refractivity contribution in [2.45, 2.75) is 19.3 Å². The summed E-state index contributed by atoms with van der Waals surface area (Å²) in [4.78, 5) is 11.9. The summed E-state index contributed by atoms with van der Waals surface area (Å²) in [6.07, 6.45) is 2.11. The van der Waals surface area contributed by atoms with Crippen LogP contribution in [0.25, 0.3) is 0 Å². The van der Waals surface area contributed by atoms with Crippen molar-refractivity contribution in [2.75, 3.05) is 13.1 Å². The van der Waals surface area contributed by atoms with Crippen LogP contribution < -0.4 is 5.32 Å². The fourth-order valence-electron chi connectivity index (χ4n) is 2.18. The van der Waals surface area contributed by atoms with E-state index in [4.69, 9.17) is 23.2 Å². The summed E-state index contributed by atoms with van der Waals surface area (Å²) in [5.74, 6) is 0.725. The number of nitrogens with one attached hydrogen (secondary N) is 1. The number of Topliss-reactive ketones (excluding diaryl/α,β-unsaturated/α-hetero) is 1. The van der Waals surface area contributed by atoms with E-state index in [1.54, 1.807) is 6.07 Å². The van der Waals surface area contributed by atoms with Crippen molar-refractivity contribution in [3.05, 3.63) is 33.8 Å². The Morgan fingerprint density at radius 2 is 2.24 bits per heavy atom. The number of hydrogen-bond donors (Lipinski definition) is 1. The highest BCUT2D eigenvalue weighted by atomic mass is 35.5. The van der Waals surface area contributed by atoms with Gasteiger partial charge in [-0.1, -0.05) is 35.3 Å². The standard InChI is InChI=1S/C13H15Cl2NO/c14-12-3-1-2-10(13(12)15)7-11(17)6-9-4-5-16-8-9/h1-3,9,16H,4-8H2. The van der Waals surface area contributed by atoms with Gasteiger partial charge in [0.15, 0.2) is 0 Å². The first-order valence-electron chi connectivity index (χ1n) is 5.82. The number of carbonyl (C=O) groups excluding carboxylic acids is 1. The lowest BCUT2D eigenvalue weighted by atomic mass is 9.98. The Balaban J connectivity index is 1.95. The highest BCUT2D eigenvalue weighted by molar-refractivity contribution is 6.42. The second-order valence-electron chi connectivity index (χ2n) is 4.49. The summed E-state index contributed by atoms with van der Waals surface area (Å²) >= 11 is 12.0. The molecule has 1 aromatic carbocycles.